The second kappa shape index (κ2) is 9.96. The number of hydrogen-bond donors (Lipinski definition) is 1. The summed E-state index contributed by atoms with van der Waals surface area (Å²) in [6.07, 6.45) is 0. The van der Waals surface area contributed by atoms with Crippen molar-refractivity contribution in [1.29, 1.82) is 0 Å². The molecular formula is C19H24ClN3O6S2. The zero-order valence-electron chi connectivity index (χ0n) is 17.5. The SMILES string of the molecule is COc1ccc(S(=O)(=O)N(C)CC(=O)NCc2ccc(S(=O)(=O)N(C)C)cc2)cc1Cl. The molecule has 0 unspecified atom stereocenters. The largest absolute Gasteiger partial charge is 0.495 e. The summed E-state index contributed by atoms with van der Waals surface area (Å²) in [4.78, 5) is 12.3. The van der Waals surface area contributed by atoms with Crippen LogP contribution in [0.3, 0.4) is 0 Å². The molecule has 0 aliphatic carbocycles. The molecule has 1 N–H and O–H groups in total. The van der Waals surface area contributed by atoms with E-state index >= 15 is 0 Å². The first-order valence-electron chi connectivity index (χ1n) is 8.97. The zero-order chi connectivity index (χ0) is 23.4. The minimum Gasteiger partial charge on any atom is -0.495 e. The lowest BCUT2D eigenvalue weighted by molar-refractivity contribution is -0.121. The van der Waals surface area contributed by atoms with Crippen LogP contribution >= 0.6 is 11.6 Å². The summed E-state index contributed by atoms with van der Waals surface area (Å²) >= 11 is 5.99. The van der Waals surface area contributed by atoms with Gasteiger partial charge in [-0.1, -0.05) is 23.7 Å². The van der Waals surface area contributed by atoms with Gasteiger partial charge in [-0.3, -0.25) is 4.79 Å². The van der Waals surface area contributed by atoms with Crippen molar-refractivity contribution in [3.05, 3.63) is 53.1 Å². The Morgan fingerprint density at radius 3 is 2.06 bits per heavy atom. The smallest absolute Gasteiger partial charge is 0.243 e. The number of likely N-dealkylation sites (N-methyl/N-ethyl adjacent to an activating group) is 1. The molecule has 2 rings (SSSR count). The van der Waals surface area contributed by atoms with E-state index in [1.54, 1.807) is 12.1 Å². The third kappa shape index (κ3) is 5.95. The van der Waals surface area contributed by atoms with Crippen molar-refractivity contribution >= 4 is 37.6 Å². The molecule has 1 amide bonds. The molecule has 0 fully saturated rings. The van der Waals surface area contributed by atoms with Crippen LogP contribution in [0.5, 0.6) is 5.75 Å². The van der Waals surface area contributed by atoms with E-state index in [-0.39, 0.29) is 21.4 Å². The summed E-state index contributed by atoms with van der Waals surface area (Å²) < 4.78 is 56.5. The number of carbonyl (C=O) groups excluding carboxylic acids is 1. The van der Waals surface area contributed by atoms with Crippen LogP contribution < -0.4 is 10.1 Å². The van der Waals surface area contributed by atoms with Gasteiger partial charge in [0.15, 0.2) is 0 Å². The summed E-state index contributed by atoms with van der Waals surface area (Å²) in [5.74, 6) is -0.180. The number of ether oxygens (including phenoxy) is 1. The van der Waals surface area contributed by atoms with Crippen LogP contribution in [0.25, 0.3) is 0 Å². The lowest BCUT2D eigenvalue weighted by atomic mass is 10.2. The Kier molecular flexibility index (Phi) is 8.06. The van der Waals surface area contributed by atoms with Crippen LogP contribution in [-0.2, 0) is 31.4 Å². The van der Waals surface area contributed by atoms with E-state index in [2.05, 4.69) is 5.32 Å². The van der Waals surface area contributed by atoms with Gasteiger partial charge in [0.1, 0.15) is 5.75 Å². The van der Waals surface area contributed by atoms with Crippen LogP contribution in [0.15, 0.2) is 52.3 Å². The van der Waals surface area contributed by atoms with Gasteiger partial charge in [-0.05, 0) is 35.9 Å². The third-order valence-electron chi connectivity index (χ3n) is 4.39. The van der Waals surface area contributed by atoms with Gasteiger partial charge in [0, 0.05) is 27.7 Å². The van der Waals surface area contributed by atoms with E-state index in [9.17, 15) is 21.6 Å². The first-order valence-corrected chi connectivity index (χ1v) is 12.2. The maximum absolute atomic E-state index is 12.7. The minimum absolute atomic E-state index is 0.0636. The second-order valence-corrected chi connectivity index (χ2v) is 11.4. The van der Waals surface area contributed by atoms with Crippen molar-refractivity contribution in [3.8, 4) is 5.75 Å². The summed E-state index contributed by atoms with van der Waals surface area (Å²) in [7, 11) is -1.89. The summed E-state index contributed by atoms with van der Waals surface area (Å²) in [6.45, 7) is -0.289. The normalized spacial score (nSPS) is 12.2. The van der Waals surface area contributed by atoms with Gasteiger partial charge < -0.3 is 10.1 Å². The molecule has 0 aliphatic rings. The van der Waals surface area contributed by atoms with Crippen molar-refractivity contribution in [2.75, 3.05) is 34.8 Å². The number of methoxy groups -OCH3 is 1. The first-order chi connectivity index (χ1) is 14.4. The van der Waals surface area contributed by atoms with Crippen molar-refractivity contribution < 1.29 is 26.4 Å². The summed E-state index contributed by atoms with van der Waals surface area (Å²) in [5.41, 5.74) is 0.665. The van der Waals surface area contributed by atoms with Gasteiger partial charge in [-0.2, -0.15) is 4.31 Å². The Bertz CT molecular complexity index is 1150. The molecule has 0 saturated heterocycles. The van der Waals surface area contributed by atoms with E-state index in [0.29, 0.717) is 11.3 Å². The van der Waals surface area contributed by atoms with Gasteiger partial charge in [0.05, 0.1) is 28.5 Å². The highest BCUT2D eigenvalue weighted by atomic mass is 35.5. The number of benzene rings is 2. The minimum atomic E-state index is -3.93. The fraction of sp³-hybridized carbons (Fsp3) is 0.316. The molecule has 0 bridgehead atoms. The average Bonchev–Trinajstić information content (AvgIpc) is 2.72. The van der Waals surface area contributed by atoms with E-state index in [1.165, 1.54) is 58.6 Å². The monoisotopic (exact) mass is 489 g/mol. The predicted octanol–water partition coefficient (Wildman–Crippen LogP) is 1.54. The molecule has 170 valence electrons. The van der Waals surface area contributed by atoms with Gasteiger partial charge >= 0.3 is 0 Å². The fourth-order valence-electron chi connectivity index (χ4n) is 2.52. The fourth-order valence-corrected chi connectivity index (χ4v) is 4.90. The van der Waals surface area contributed by atoms with Crippen molar-refractivity contribution in [3.63, 3.8) is 0 Å². The molecule has 0 aliphatic heterocycles. The maximum atomic E-state index is 12.7. The highest BCUT2D eigenvalue weighted by Gasteiger charge is 2.24. The van der Waals surface area contributed by atoms with Crippen LogP contribution in [0.4, 0.5) is 0 Å². The quantitative estimate of drug-likeness (QED) is 0.571. The Labute approximate surface area is 187 Å². The Morgan fingerprint density at radius 1 is 0.968 bits per heavy atom. The van der Waals surface area contributed by atoms with Crippen LogP contribution in [0.2, 0.25) is 5.02 Å². The van der Waals surface area contributed by atoms with Gasteiger partial charge in [0.25, 0.3) is 0 Å². The van der Waals surface area contributed by atoms with Crippen LogP contribution in [-0.4, -0.2) is 66.2 Å². The lowest BCUT2D eigenvalue weighted by Gasteiger charge is -2.17. The Morgan fingerprint density at radius 2 is 1.55 bits per heavy atom. The molecule has 0 atom stereocenters. The molecule has 31 heavy (non-hydrogen) atoms. The number of hydrogen-bond acceptors (Lipinski definition) is 6. The second-order valence-electron chi connectivity index (χ2n) is 6.77. The molecular weight excluding hydrogens is 466 g/mol. The molecule has 0 aromatic heterocycles. The molecule has 12 heteroatoms. The molecule has 2 aromatic rings. The average molecular weight is 490 g/mol. The van der Waals surface area contributed by atoms with Crippen molar-refractivity contribution in [2.45, 2.75) is 16.3 Å². The first kappa shape index (κ1) is 25.1. The van der Waals surface area contributed by atoms with E-state index in [4.69, 9.17) is 16.3 Å². The van der Waals surface area contributed by atoms with E-state index < -0.39 is 32.5 Å². The Hall–Kier alpha value is -2.18. The highest BCUT2D eigenvalue weighted by molar-refractivity contribution is 7.89. The number of halogens is 1. The number of rotatable bonds is 9. The number of nitrogens with zero attached hydrogens (tertiary/aromatic N) is 2. The zero-order valence-corrected chi connectivity index (χ0v) is 19.9. The Balaban J connectivity index is 2.00. The lowest BCUT2D eigenvalue weighted by Crippen LogP contribution is -2.38. The van der Waals surface area contributed by atoms with Crippen LogP contribution in [0, 0.1) is 0 Å². The highest BCUT2D eigenvalue weighted by Crippen LogP contribution is 2.28. The standard InChI is InChI=1S/C19H24ClN3O6S2/c1-22(2)30(25,26)15-7-5-14(6-8-15)12-21-19(24)13-23(3)31(27,28)16-9-10-18(29-4)17(20)11-16/h5-11H,12-13H2,1-4H3,(H,21,24). The molecule has 0 saturated carbocycles. The molecule has 9 nitrogen and oxygen atoms in total. The maximum Gasteiger partial charge on any atom is 0.243 e. The number of carbonyl (C=O) groups is 1. The third-order valence-corrected chi connectivity index (χ3v) is 8.31. The number of amides is 1. The van der Waals surface area contributed by atoms with Crippen LogP contribution in [0.1, 0.15) is 5.56 Å². The topological polar surface area (TPSA) is 113 Å². The predicted molar refractivity (Wildman–Crippen MR) is 117 cm³/mol. The van der Waals surface area contributed by atoms with Gasteiger partial charge in [-0.15, -0.1) is 0 Å². The molecule has 0 radical (unpaired) electrons. The molecule has 0 heterocycles. The van der Waals surface area contributed by atoms with Crippen molar-refractivity contribution in [1.82, 2.24) is 13.9 Å². The molecule has 2 aromatic carbocycles. The van der Waals surface area contributed by atoms with E-state index in [0.717, 1.165) is 8.61 Å². The van der Waals surface area contributed by atoms with Crippen molar-refractivity contribution in [2.24, 2.45) is 0 Å². The number of sulfonamides is 2. The van der Waals surface area contributed by atoms with Gasteiger partial charge in [0.2, 0.25) is 26.0 Å². The van der Waals surface area contributed by atoms with E-state index in [1.807, 2.05) is 0 Å². The summed E-state index contributed by atoms with van der Waals surface area (Å²) in [5, 5.41) is 2.75. The molecule has 0 spiro atoms. The van der Waals surface area contributed by atoms with Gasteiger partial charge in [-0.25, -0.2) is 21.1 Å². The summed E-state index contributed by atoms with van der Waals surface area (Å²) in [6, 6.07) is 10.1. The number of nitrogens with one attached hydrogen (secondary N) is 1.